The monoisotopic (exact) mass is 382 g/mol. The molecule has 2 aromatic rings. The SMILES string of the molecule is Cc1nc2c(c(NCC3CCCCN3c3ccc(=O)n(C(C)C)n3)n1)CCC2. The summed E-state index contributed by atoms with van der Waals surface area (Å²) in [5.41, 5.74) is 2.46. The molecular weight excluding hydrogens is 352 g/mol. The topological polar surface area (TPSA) is 75.9 Å². The first-order chi connectivity index (χ1) is 13.5. The minimum atomic E-state index is -0.0440. The van der Waals surface area contributed by atoms with E-state index >= 15 is 0 Å². The van der Waals surface area contributed by atoms with E-state index in [1.54, 1.807) is 10.7 Å². The van der Waals surface area contributed by atoms with Crippen molar-refractivity contribution in [1.29, 1.82) is 0 Å². The van der Waals surface area contributed by atoms with Gasteiger partial charge in [-0.25, -0.2) is 14.6 Å². The summed E-state index contributed by atoms with van der Waals surface area (Å²) in [6.45, 7) is 7.74. The van der Waals surface area contributed by atoms with Gasteiger partial charge in [0, 0.05) is 36.5 Å². The summed E-state index contributed by atoms with van der Waals surface area (Å²) in [5.74, 6) is 2.74. The third-order valence-electron chi connectivity index (χ3n) is 5.77. The van der Waals surface area contributed by atoms with Crippen molar-refractivity contribution in [2.75, 3.05) is 23.3 Å². The highest BCUT2D eigenvalue weighted by Gasteiger charge is 2.25. The summed E-state index contributed by atoms with van der Waals surface area (Å²) in [7, 11) is 0. The van der Waals surface area contributed by atoms with Crippen molar-refractivity contribution < 1.29 is 0 Å². The van der Waals surface area contributed by atoms with Gasteiger partial charge in [0.25, 0.3) is 5.56 Å². The second-order valence-corrected chi connectivity index (χ2v) is 8.19. The van der Waals surface area contributed by atoms with E-state index in [9.17, 15) is 4.79 Å². The van der Waals surface area contributed by atoms with Gasteiger partial charge in [0.05, 0.1) is 6.04 Å². The molecule has 7 nitrogen and oxygen atoms in total. The quantitative estimate of drug-likeness (QED) is 0.857. The minimum Gasteiger partial charge on any atom is -0.368 e. The second kappa shape index (κ2) is 7.89. The first-order valence-corrected chi connectivity index (χ1v) is 10.5. The molecule has 0 bridgehead atoms. The lowest BCUT2D eigenvalue weighted by atomic mass is 10.0. The molecule has 0 aromatic carbocycles. The van der Waals surface area contributed by atoms with Crippen LogP contribution in [0.5, 0.6) is 0 Å². The molecule has 2 aromatic heterocycles. The lowest BCUT2D eigenvalue weighted by Crippen LogP contribution is -2.45. The molecule has 1 atom stereocenters. The number of anilines is 2. The Morgan fingerprint density at radius 1 is 1.18 bits per heavy atom. The number of nitrogens with zero attached hydrogens (tertiary/aromatic N) is 5. The van der Waals surface area contributed by atoms with Crippen LogP contribution in [0.15, 0.2) is 16.9 Å². The maximum Gasteiger partial charge on any atom is 0.267 e. The Labute approximate surface area is 166 Å². The number of rotatable bonds is 5. The molecule has 0 saturated carbocycles. The second-order valence-electron chi connectivity index (χ2n) is 8.19. The van der Waals surface area contributed by atoms with Gasteiger partial charge in [0.2, 0.25) is 0 Å². The van der Waals surface area contributed by atoms with Crippen molar-refractivity contribution in [3.05, 3.63) is 39.6 Å². The van der Waals surface area contributed by atoms with Gasteiger partial charge >= 0.3 is 0 Å². The first kappa shape index (κ1) is 18.9. The van der Waals surface area contributed by atoms with Gasteiger partial charge in [-0.1, -0.05) is 0 Å². The number of nitrogens with one attached hydrogen (secondary N) is 1. The van der Waals surface area contributed by atoms with Crippen molar-refractivity contribution in [3.8, 4) is 0 Å². The number of hydrogen-bond donors (Lipinski definition) is 1. The van der Waals surface area contributed by atoms with Crippen LogP contribution in [-0.2, 0) is 12.8 Å². The van der Waals surface area contributed by atoms with E-state index in [0.29, 0.717) is 6.04 Å². The molecule has 0 radical (unpaired) electrons. The molecule has 1 aliphatic carbocycles. The fourth-order valence-corrected chi connectivity index (χ4v) is 4.37. The van der Waals surface area contributed by atoms with Gasteiger partial charge in [-0.15, -0.1) is 0 Å². The fourth-order valence-electron chi connectivity index (χ4n) is 4.37. The Balaban J connectivity index is 1.54. The predicted molar refractivity (Wildman–Crippen MR) is 111 cm³/mol. The molecule has 0 spiro atoms. The summed E-state index contributed by atoms with van der Waals surface area (Å²) < 4.78 is 1.58. The van der Waals surface area contributed by atoms with Crippen LogP contribution in [0.1, 0.15) is 62.7 Å². The summed E-state index contributed by atoms with van der Waals surface area (Å²) >= 11 is 0. The summed E-state index contributed by atoms with van der Waals surface area (Å²) in [6, 6.07) is 3.90. The number of fused-ring (bicyclic) bond motifs is 1. The average Bonchev–Trinajstić information content (AvgIpc) is 3.15. The van der Waals surface area contributed by atoms with E-state index in [0.717, 1.165) is 56.2 Å². The number of aromatic nitrogens is 4. The van der Waals surface area contributed by atoms with Crippen molar-refractivity contribution in [3.63, 3.8) is 0 Å². The third kappa shape index (κ3) is 3.75. The lowest BCUT2D eigenvalue weighted by Gasteiger charge is -2.37. The fraction of sp³-hybridized carbons (Fsp3) is 0.619. The Morgan fingerprint density at radius 2 is 2.04 bits per heavy atom. The van der Waals surface area contributed by atoms with Crippen molar-refractivity contribution in [2.45, 2.75) is 71.4 Å². The molecule has 150 valence electrons. The Kier molecular flexibility index (Phi) is 5.33. The van der Waals surface area contributed by atoms with E-state index in [4.69, 9.17) is 0 Å². The molecule has 1 saturated heterocycles. The van der Waals surface area contributed by atoms with E-state index in [1.165, 1.54) is 24.1 Å². The van der Waals surface area contributed by atoms with E-state index in [-0.39, 0.29) is 11.6 Å². The zero-order valence-corrected chi connectivity index (χ0v) is 17.1. The largest absolute Gasteiger partial charge is 0.368 e. The molecule has 2 aliphatic rings. The molecule has 1 N–H and O–H groups in total. The average molecular weight is 383 g/mol. The normalized spacial score (nSPS) is 19.1. The van der Waals surface area contributed by atoms with E-state index < -0.39 is 0 Å². The highest BCUT2D eigenvalue weighted by molar-refractivity contribution is 5.49. The smallest absolute Gasteiger partial charge is 0.267 e. The minimum absolute atomic E-state index is 0.0440. The van der Waals surface area contributed by atoms with E-state index in [1.807, 2.05) is 26.8 Å². The molecular formula is C21H30N6O. The van der Waals surface area contributed by atoms with Crippen molar-refractivity contribution in [1.82, 2.24) is 19.7 Å². The van der Waals surface area contributed by atoms with Crippen molar-refractivity contribution in [2.24, 2.45) is 0 Å². The van der Waals surface area contributed by atoms with Gasteiger partial charge in [-0.2, -0.15) is 5.10 Å². The van der Waals surface area contributed by atoms with Crippen LogP contribution in [0.25, 0.3) is 0 Å². The van der Waals surface area contributed by atoms with Gasteiger partial charge in [-0.3, -0.25) is 4.79 Å². The van der Waals surface area contributed by atoms with Gasteiger partial charge in [-0.05, 0) is 65.4 Å². The maximum atomic E-state index is 12.1. The summed E-state index contributed by atoms with van der Waals surface area (Å²) in [6.07, 6.45) is 6.77. The van der Waals surface area contributed by atoms with Crippen LogP contribution in [0.4, 0.5) is 11.6 Å². The van der Waals surface area contributed by atoms with Crippen LogP contribution in [-0.4, -0.2) is 38.9 Å². The van der Waals surface area contributed by atoms with Crippen LogP contribution in [0.3, 0.4) is 0 Å². The number of aryl methyl sites for hydroxylation is 2. The maximum absolute atomic E-state index is 12.1. The lowest BCUT2D eigenvalue weighted by molar-refractivity contribution is 0.451. The highest BCUT2D eigenvalue weighted by atomic mass is 16.1. The van der Waals surface area contributed by atoms with Crippen LogP contribution in [0, 0.1) is 6.92 Å². The van der Waals surface area contributed by atoms with Gasteiger partial charge < -0.3 is 10.2 Å². The first-order valence-electron chi connectivity index (χ1n) is 10.5. The predicted octanol–water partition coefficient (Wildman–Crippen LogP) is 2.88. The summed E-state index contributed by atoms with van der Waals surface area (Å²) in [4.78, 5) is 23.7. The molecule has 1 fully saturated rings. The number of piperidine rings is 1. The molecule has 3 heterocycles. The Morgan fingerprint density at radius 3 is 2.86 bits per heavy atom. The zero-order valence-electron chi connectivity index (χ0n) is 17.1. The van der Waals surface area contributed by atoms with Gasteiger partial charge in [0.15, 0.2) is 0 Å². The van der Waals surface area contributed by atoms with Crippen LogP contribution >= 0.6 is 0 Å². The highest BCUT2D eigenvalue weighted by Crippen LogP contribution is 2.27. The van der Waals surface area contributed by atoms with Crippen molar-refractivity contribution >= 4 is 11.6 Å². The van der Waals surface area contributed by atoms with E-state index in [2.05, 4.69) is 25.3 Å². The van der Waals surface area contributed by atoms with Gasteiger partial charge in [0.1, 0.15) is 17.5 Å². The summed E-state index contributed by atoms with van der Waals surface area (Å²) in [5, 5.41) is 8.26. The Bertz CT molecular complexity index is 906. The molecule has 1 unspecified atom stereocenters. The zero-order chi connectivity index (χ0) is 19.7. The molecule has 7 heteroatoms. The standard InChI is InChI=1S/C21H30N6O/c1-14(2)27-20(28)11-10-19(25-27)26-12-5-4-7-16(26)13-22-21-17-8-6-9-18(17)23-15(3)24-21/h10-11,14,16H,4-9,12-13H2,1-3H3,(H,22,23,24). The number of hydrogen-bond acceptors (Lipinski definition) is 6. The molecule has 0 amide bonds. The van der Waals surface area contributed by atoms with Crippen LogP contribution in [0.2, 0.25) is 0 Å². The van der Waals surface area contributed by atoms with Crippen LogP contribution < -0.4 is 15.8 Å². The Hall–Kier alpha value is -2.44. The molecule has 4 rings (SSSR count). The molecule has 1 aliphatic heterocycles. The molecule has 28 heavy (non-hydrogen) atoms. The third-order valence-corrected chi connectivity index (χ3v) is 5.77.